The molecular weight excluding hydrogens is 572 g/mol. The molecule has 9 heteroatoms. The van der Waals surface area contributed by atoms with Gasteiger partial charge in [0.2, 0.25) is 11.8 Å². The van der Waals surface area contributed by atoms with Gasteiger partial charge in [0.15, 0.2) is 0 Å². The van der Waals surface area contributed by atoms with Gasteiger partial charge in [-0.1, -0.05) is 72.3 Å². The fraction of sp³-hybridized carbons (Fsp3) is 0.429. The van der Waals surface area contributed by atoms with Gasteiger partial charge in [-0.25, -0.2) is 0 Å². The van der Waals surface area contributed by atoms with Crippen LogP contribution in [0.4, 0.5) is 5.69 Å². The van der Waals surface area contributed by atoms with Gasteiger partial charge in [-0.2, -0.15) is 0 Å². The minimum absolute atomic E-state index is 0.0898. The molecule has 0 bridgehead atoms. The van der Waals surface area contributed by atoms with Crippen molar-refractivity contribution in [3.8, 4) is 0 Å². The predicted molar refractivity (Wildman–Crippen MR) is 178 cm³/mol. The minimum Gasteiger partial charge on any atom is -0.368 e. The quantitative estimate of drug-likeness (QED) is 0.262. The predicted octanol–water partition coefficient (Wildman–Crippen LogP) is 3.69. The number of rotatable bonds is 11. The number of para-hydroxylation sites is 1. The van der Waals surface area contributed by atoms with Crippen LogP contribution in [0.3, 0.4) is 0 Å². The van der Waals surface area contributed by atoms with E-state index in [0.29, 0.717) is 37.0 Å². The van der Waals surface area contributed by atoms with Gasteiger partial charge in [-0.3, -0.25) is 9.59 Å². The van der Waals surface area contributed by atoms with Crippen LogP contribution in [-0.4, -0.2) is 74.1 Å². The Morgan fingerprint density at radius 2 is 1.61 bits per heavy atom. The van der Waals surface area contributed by atoms with Crippen LogP contribution in [0.25, 0.3) is 0 Å². The molecule has 8 nitrogen and oxygen atoms in total. The molecular formula is C35H45ClN6O2. The van der Waals surface area contributed by atoms with Crippen molar-refractivity contribution in [2.75, 3.05) is 44.2 Å². The second-order valence-corrected chi connectivity index (χ2v) is 12.4. The van der Waals surface area contributed by atoms with E-state index in [1.807, 2.05) is 47.4 Å². The number of nitrogens with zero attached hydrogens (tertiary/aromatic N) is 2. The van der Waals surface area contributed by atoms with Crippen LogP contribution < -0.4 is 26.6 Å². The first kappa shape index (κ1) is 32.0. The molecule has 3 aromatic carbocycles. The van der Waals surface area contributed by atoms with E-state index < -0.39 is 12.1 Å². The zero-order chi connectivity index (χ0) is 30.9. The zero-order valence-electron chi connectivity index (χ0n) is 25.6. The summed E-state index contributed by atoms with van der Waals surface area (Å²) in [6.45, 7) is 6.91. The number of anilines is 1. The molecule has 4 atom stereocenters. The lowest BCUT2D eigenvalue weighted by Crippen LogP contribution is -2.57. The minimum atomic E-state index is -0.758. The molecule has 234 valence electrons. The lowest BCUT2D eigenvalue weighted by molar-refractivity contribution is -0.137. The average molecular weight is 617 g/mol. The number of carbonyl (C=O) groups excluding carboxylic acids is 2. The number of carbonyl (C=O) groups is 2. The molecule has 44 heavy (non-hydrogen) atoms. The Morgan fingerprint density at radius 1 is 0.932 bits per heavy atom. The highest BCUT2D eigenvalue weighted by Gasteiger charge is 2.31. The van der Waals surface area contributed by atoms with E-state index in [2.05, 4.69) is 52.0 Å². The summed E-state index contributed by atoms with van der Waals surface area (Å²) in [5, 5.41) is 10.9. The van der Waals surface area contributed by atoms with Gasteiger partial charge < -0.3 is 31.5 Å². The van der Waals surface area contributed by atoms with Crippen LogP contribution in [0.15, 0.2) is 78.9 Å². The van der Waals surface area contributed by atoms with Gasteiger partial charge in [0.05, 0.1) is 6.04 Å². The fourth-order valence-electron chi connectivity index (χ4n) is 6.26. The molecule has 2 saturated heterocycles. The van der Waals surface area contributed by atoms with Gasteiger partial charge in [0.1, 0.15) is 6.04 Å². The second-order valence-electron chi connectivity index (χ2n) is 12.0. The Labute approximate surface area is 266 Å². The summed E-state index contributed by atoms with van der Waals surface area (Å²) in [4.78, 5) is 31.4. The Balaban J connectivity index is 1.24. The molecule has 2 aliphatic rings. The third kappa shape index (κ3) is 8.60. The molecule has 2 heterocycles. The van der Waals surface area contributed by atoms with Gasteiger partial charge in [-0.15, -0.1) is 0 Å². The van der Waals surface area contributed by atoms with E-state index in [0.717, 1.165) is 37.3 Å². The van der Waals surface area contributed by atoms with Gasteiger partial charge >= 0.3 is 0 Å². The van der Waals surface area contributed by atoms with Gasteiger partial charge in [0, 0.05) is 61.9 Å². The maximum atomic E-state index is 13.9. The van der Waals surface area contributed by atoms with Crippen LogP contribution in [0.2, 0.25) is 5.02 Å². The number of nitrogens with two attached hydrogens (primary N) is 1. The van der Waals surface area contributed by atoms with E-state index in [1.165, 1.54) is 24.1 Å². The van der Waals surface area contributed by atoms with Crippen molar-refractivity contribution < 1.29 is 9.59 Å². The number of amides is 2. The first-order valence-electron chi connectivity index (χ1n) is 15.8. The summed E-state index contributed by atoms with van der Waals surface area (Å²) < 4.78 is 0. The smallest absolute Gasteiger partial charge is 0.245 e. The van der Waals surface area contributed by atoms with E-state index in [-0.39, 0.29) is 17.9 Å². The molecule has 5 N–H and O–H groups in total. The maximum absolute atomic E-state index is 13.9. The van der Waals surface area contributed by atoms with Crippen molar-refractivity contribution in [1.29, 1.82) is 0 Å². The molecule has 0 spiro atoms. The summed E-state index contributed by atoms with van der Waals surface area (Å²) in [5.41, 5.74) is 10.7. The van der Waals surface area contributed by atoms with Crippen molar-refractivity contribution in [2.24, 2.45) is 5.73 Å². The molecule has 2 fully saturated rings. The fourth-order valence-corrected chi connectivity index (χ4v) is 6.39. The Hall–Kier alpha value is -3.43. The first-order chi connectivity index (χ1) is 21.4. The number of halogens is 1. The van der Waals surface area contributed by atoms with Crippen LogP contribution in [0.5, 0.6) is 0 Å². The van der Waals surface area contributed by atoms with Crippen LogP contribution in [0, 0.1) is 0 Å². The molecule has 2 amide bonds. The Bertz CT molecular complexity index is 1360. The summed E-state index contributed by atoms with van der Waals surface area (Å²) >= 11 is 6.11. The van der Waals surface area contributed by atoms with E-state index in [9.17, 15) is 9.59 Å². The van der Waals surface area contributed by atoms with E-state index in [4.69, 9.17) is 17.3 Å². The van der Waals surface area contributed by atoms with Crippen LogP contribution >= 0.6 is 11.6 Å². The topological polar surface area (TPSA) is 103 Å². The Morgan fingerprint density at radius 3 is 2.32 bits per heavy atom. The highest BCUT2D eigenvalue weighted by atomic mass is 35.5. The number of hydrogen-bond donors (Lipinski definition) is 4. The highest BCUT2D eigenvalue weighted by molar-refractivity contribution is 6.30. The van der Waals surface area contributed by atoms with E-state index >= 15 is 0 Å². The number of piperazine rings is 1. The van der Waals surface area contributed by atoms with E-state index in [1.54, 1.807) is 12.1 Å². The Kier molecular flexibility index (Phi) is 11.3. The molecule has 0 aromatic heterocycles. The molecule has 3 aromatic rings. The van der Waals surface area contributed by atoms with Crippen LogP contribution in [0.1, 0.15) is 42.5 Å². The normalized spacial score (nSPS) is 19.2. The van der Waals surface area contributed by atoms with Crippen molar-refractivity contribution in [1.82, 2.24) is 20.9 Å². The average Bonchev–Trinajstić information content (AvgIpc) is 3.06. The maximum Gasteiger partial charge on any atom is 0.245 e. The largest absolute Gasteiger partial charge is 0.368 e. The van der Waals surface area contributed by atoms with Crippen LogP contribution in [-0.2, 0) is 22.4 Å². The highest BCUT2D eigenvalue weighted by Crippen LogP contribution is 2.28. The lowest BCUT2D eigenvalue weighted by atomic mass is 10.0. The first-order valence-corrected chi connectivity index (χ1v) is 16.2. The monoisotopic (exact) mass is 616 g/mol. The number of hydrogen-bond acceptors (Lipinski definition) is 6. The third-order valence-electron chi connectivity index (χ3n) is 8.72. The molecule has 3 unspecified atom stereocenters. The summed E-state index contributed by atoms with van der Waals surface area (Å²) in [6, 6.07) is 24.9. The molecule has 5 rings (SSSR count). The SMILES string of the molecule is CC(NC1CCCNC1)c1ccccc1N1CCN(C(=O)[C@@H](Cc2ccc(Cl)cc2)NC(=O)C(N)Cc2ccccc2)CC1. The number of benzene rings is 3. The molecule has 2 aliphatic heterocycles. The lowest BCUT2D eigenvalue weighted by Gasteiger charge is -2.39. The second kappa shape index (κ2) is 15.5. The summed E-state index contributed by atoms with van der Waals surface area (Å²) in [6.07, 6.45) is 3.14. The van der Waals surface area contributed by atoms with Gasteiger partial charge in [-0.05, 0) is 67.6 Å². The van der Waals surface area contributed by atoms with Crippen molar-refractivity contribution >= 4 is 29.1 Å². The van der Waals surface area contributed by atoms with Crippen molar-refractivity contribution in [3.63, 3.8) is 0 Å². The van der Waals surface area contributed by atoms with Crippen molar-refractivity contribution in [3.05, 3.63) is 101 Å². The summed E-state index contributed by atoms with van der Waals surface area (Å²) in [7, 11) is 0. The molecule has 0 saturated carbocycles. The van der Waals surface area contributed by atoms with Crippen molar-refractivity contribution in [2.45, 2.75) is 56.8 Å². The molecule has 0 aliphatic carbocycles. The zero-order valence-corrected chi connectivity index (χ0v) is 26.3. The third-order valence-corrected chi connectivity index (χ3v) is 8.97. The summed E-state index contributed by atoms with van der Waals surface area (Å²) in [5.74, 6) is -0.420. The number of nitrogens with one attached hydrogen (secondary N) is 3. The number of piperidine rings is 1. The standard InChI is InChI=1S/C35H45ClN6O2/c1-25(39-29-10-7-17-38-24-29)30-11-5-6-12-33(30)41-18-20-42(21-19-41)35(44)32(23-27-13-15-28(36)16-14-27)40-34(43)31(37)22-26-8-3-2-4-9-26/h2-6,8-9,11-16,25,29,31-32,38-39H,7,10,17-24,37H2,1H3,(H,40,43)/t25?,29?,31?,32-/m1/s1. The van der Waals surface area contributed by atoms with Gasteiger partial charge in [0.25, 0.3) is 0 Å². The molecule has 0 radical (unpaired) electrons.